The topological polar surface area (TPSA) is 103 Å². The van der Waals surface area contributed by atoms with Crippen LogP contribution in [-0.4, -0.2) is 30.7 Å². The number of halogens is 2. The molecule has 0 atom stereocenters. The van der Waals surface area contributed by atoms with Crippen molar-refractivity contribution in [3.8, 4) is 17.2 Å². The van der Waals surface area contributed by atoms with Crippen LogP contribution in [-0.2, 0) is 4.79 Å². The number of ether oxygens (including phenoxy) is 3. The van der Waals surface area contributed by atoms with Gasteiger partial charge in [-0.2, -0.15) is 5.10 Å². The summed E-state index contributed by atoms with van der Waals surface area (Å²) in [6.45, 7) is -0.251. The summed E-state index contributed by atoms with van der Waals surface area (Å²) in [4.78, 5) is 37.4. The summed E-state index contributed by atoms with van der Waals surface area (Å²) in [5.74, 6) is -1.11. The zero-order valence-electron chi connectivity index (χ0n) is 20.2. The Kier molecular flexibility index (Phi) is 9.29. The molecule has 0 aliphatic heterocycles. The lowest BCUT2D eigenvalue weighted by molar-refractivity contribution is -0.123. The van der Waals surface area contributed by atoms with E-state index >= 15 is 0 Å². The number of rotatable bonds is 9. The second-order valence-corrected chi connectivity index (χ2v) is 8.76. The first-order valence-corrected chi connectivity index (χ1v) is 12.2. The summed E-state index contributed by atoms with van der Waals surface area (Å²) in [5.41, 5.74) is 3.20. The molecule has 0 radical (unpaired) electrons. The van der Waals surface area contributed by atoms with E-state index in [0.717, 1.165) is 0 Å². The van der Waals surface area contributed by atoms with Gasteiger partial charge in [-0.05, 0) is 72.8 Å². The Labute approximate surface area is 233 Å². The molecule has 0 aliphatic rings. The van der Waals surface area contributed by atoms with Gasteiger partial charge in [0.2, 0.25) is 0 Å². The Bertz CT molecular complexity index is 1490. The first kappa shape index (κ1) is 27.4. The highest BCUT2D eigenvalue weighted by atomic mass is 35.5. The average molecular weight is 563 g/mol. The Hall–Kier alpha value is -4.66. The van der Waals surface area contributed by atoms with Crippen molar-refractivity contribution in [3.63, 3.8) is 0 Å². The van der Waals surface area contributed by atoms with Crippen LogP contribution in [0.25, 0.3) is 0 Å². The van der Waals surface area contributed by atoms with Crippen molar-refractivity contribution in [1.29, 1.82) is 0 Å². The smallest absolute Gasteiger partial charge is 0.343 e. The summed E-state index contributed by atoms with van der Waals surface area (Å²) in [5, 5.41) is 4.86. The van der Waals surface area contributed by atoms with E-state index in [1.54, 1.807) is 48.5 Å². The van der Waals surface area contributed by atoms with Crippen LogP contribution in [0.15, 0.2) is 102 Å². The van der Waals surface area contributed by atoms with Gasteiger partial charge in [-0.1, -0.05) is 41.4 Å². The number of nitrogens with one attached hydrogen (secondary N) is 1. The molecule has 0 saturated carbocycles. The number of nitrogens with zero attached hydrogens (tertiary/aromatic N) is 1. The highest BCUT2D eigenvalue weighted by Crippen LogP contribution is 2.26. The summed E-state index contributed by atoms with van der Waals surface area (Å²) >= 11 is 11.8. The van der Waals surface area contributed by atoms with E-state index in [0.29, 0.717) is 21.4 Å². The van der Waals surface area contributed by atoms with Gasteiger partial charge >= 0.3 is 11.9 Å². The monoisotopic (exact) mass is 562 g/mol. The fourth-order valence-corrected chi connectivity index (χ4v) is 3.39. The molecule has 4 aromatic rings. The van der Waals surface area contributed by atoms with E-state index in [-0.39, 0.29) is 29.2 Å². The van der Waals surface area contributed by atoms with Gasteiger partial charge in [0.15, 0.2) is 6.61 Å². The Balaban J connectivity index is 1.49. The number of carbonyl (C=O) groups excluding carboxylic acids is 3. The lowest BCUT2D eigenvalue weighted by atomic mass is 10.2. The fraction of sp³-hybridized carbons (Fsp3) is 0.0345. The molecule has 196 valence electrons. The largest absolute Gasteiger partial charge is 0.484 e. The van der Waals surface area contributed by atoms with Gasteiger partial charge in [0.05, 0.1) is 17.3 Å². The van der Waals surface area contributed by atoms with Crippen LogP contribution in [0.5, 0.6) is 17.2 Å². The van der Waals surface area contributed by atoms with Crippen LogP contribution in [0.4, 0.5) is 0 Å². The van der Waals surface area contributed by atoms with Gasteiger partial charge in [-0.25, -0.2) is 15.0 Å². The van der Waals surface area contributed by atoms with E-state index in [1.165, 1.54) is 48.7 Å². The molecule has 39 heavy (non-hydrogen) atoms. The number of hydrazone groups is 1. The highest BCUT2D eigenvalue weighted by Gasteiger charge is 2.15. The predicted molar refractivity (Wildman–Crippen MR) is 147 cm³/mol. The van der Waals surface area contributed by atoms with Crippen LogP contribution in [0.2, 0.25) is 10.0 Å². The molecule has 4 rings (SSSR count). The Morgan fingerprint density at radius 3 is 1.92 bits per heavy atom. The summed E-state index contributed by atoms with van der Waals surface area (Å²) in [6, 6.07) is 25.5. The van der Waals surface area contributed by atoms with E-state index in [2.05, 4.69) is 10.5 Å². The summed E-state index contributed by atoms with van der Waals surface area (Å²) < 4.78 is 16.4. The molecule has 4 aromatic carbocycles. The third-order valence-electron chi connectivity index (χ3n) is 5.06. The van der Waals surface area contributed by atoms with E-state index in [4.69, 9.17) is 37.4 Å². The standard InChI is InChI=1S/C29H20Cl2N2O6/c30-22-11-6-19(7-12-22)28(35)38-25-15-10-21(17-32-33-27(34)18-37-24-4-2-1-3-5-24)26(16-25)39-29(36)20-8-13-23(31)14-9-20/h1-17H,18H2,(H,33,34)/b32-17+. The lowest BCUT2D eigenvalue weighted by Crippen LogP contribution is -2.24. The fourth-order valence-electron chi connectivity index (χ4n) is 3.14. The highest BCUT2D eigenvalue weighted by molar-refractivity contribution is 6.31. The molecular weight excluding hydrogens is 543 g/mol. The number of benzene rings is 4. The van der Waals surface area contributed by atoms with Crippen molar-refractivity contribution in [2.75, 3.05) is 6.61 Å². The van der Waals surface area contributed by atoms with Crippen LogP contribution < -0.4 is 19.6 Å². The molecule has 0 aliphatic carbocycles. The van der Waals surface area contributed by atoms with Crippen LogP contribution in [0.1, 0.15) is 26.3 Å². The van der Waals surface area contributed by atoms with Gasteiger partial charge in [0, 0.05) is 21.7 Å². The van der Waals surface area contributed by atoms with Gasteiger partial charge in [-0.15, -0.1) is 0 Å². The number of amides is 1. The molecule has 0 unspecified atom stereocenters. The predicted octanol–water partition coefficient (Wildman–Crippen LogP) is 5.96. The minimum atomic E-state index is -0.678. The maximum absolute atomic E-state index is 12.8. The molecule has 0 fully saturated rings. The first-order chi connectivity index (χ1) is 18.9. The molecule has 0 spiro atoms. The van der Waals surface area contributed by atoms with Crippen LogP contribution >= 0.6 is 23.2 Å². The average Bonchev–Trinajstić information content (AvgIpc) is 2.94. The van der Waals surface area contributed by atoms with Crippen molar-refractivity contribution in [3.05, 3.63) is 124 Å². The van der Waals surface area contributed by atoms with Crippen molar-refractivity contribution in [2.45, 2.75) is 0 Å². The van der Waals surface area contributed by atoms with E-state index < -0.39 is 17.8 Å². The molecule has 0 aromatic heterocycles. The summed E-state index contributed by atoms with van der Waals surface area (Å²) in [6.07, 6.45) is 1.29. The molecule has 1 N–H and O–H groups in total. The van der Waals surface area contributed by atoms with Crippen molar-refractivity contribution in [1.82, 2.24) is 5.43 Å². The third-order valence-corrected chi connectivity index (χ3v) is 5.57. The second kappa shape index (κ2) is 13.2. The van der Waals surface area contributed by atoms with Crippen molar-refractivity contribution in [2.24, 2.45) is 5.10 Å². The maximum Gasteiger partial charge on any atom is 0.343 e. The Morgan fingerprint density at radius 1 is 0.718 bits per heavy atom. The molecule has 1 amide bonds. The molecule has 0 bridgehead atoms. The molecule has 0 heterocycles. The second-order valence-electron chi connectivity index (χ2n) is 7.89. The van der Waals surface area contributed by atoms with Gasteiger partial charge in [0.25, 0.3) is 5.91 Å². The molecule has 0 saturated heterocycles. The van der Waals surface area contributed by atoms with Crippen LogP contribution in [0, 0.1) is 0 Å². The zero-order chi connectivity index (χ0) is 27.6. The van der Waals surface area contributed by atoms with Gasteiger partial charge in [-0.3, -0.25) is 4.79 Å². The normalized spacial score (nSPS) is 10.6. The minimum Gasteiger partial charge on any atom is -0.484 e. The third kappa shape index (κ3) is 8.16. The SMILES string of the molecule is O=C(COc1ccccc1)N/N=C/c1ccc(OC(=O)c2ccc(Cl)cc2)cc1OC(=O)c1ccc(Cl)cc1. The Morgan fingerprint density at radius 2 is 1.31 bits per heavy atom. The lowest BCUT2D eigenvalue weighted by Gasteiger charge is -2.11. The molecule has 10 heteroatoms. The van der Waals surface area contributed by atoms with Gasteiger partial charge < -0.3 is 14.2 Å². The molecule has 8 nitrogen and oxygen atoms in total. The van der Waals surface area contributed by atoms with Crippen molar-refractivity contribution < 1.29 is 28.6 Å². The number of para-hydroxylation sites is 1. The summed E-state index contributed by atoms with van der Waals surface area (Å²) in [7, 11) is 0. The minimum absolute atomic E-state index is 0.0369. The van der Waals surface area contributed by atoms with E-state index in [1.807, 2.05) is 6.07 Å². The van der Waals surface area contributed by atoms with E-state index in [9.17, 15) is 14.4 Å². The van der Waals surface area contributed by atoms with Crippen LogP contribution in [0.3, 0.4) is 0 Å². The van der Waals surface area contributed by atoms with Crippen molar-refractivity contribution >= 4 is 47.3 Å². The number of hydrogen-bond acceptors (Lipinski definition) is 7. The number of carbonyl (C=O) groups is 3. The van der Waals surface area contributed by atoms with Gasteiger partial charge in [0.1, 0.15) is 17.2 Å². The quantitative estimate of drug-likeness (QED) is 0.117. The number of hydrogen-bond donors (Lipinski definition) is 1. The molecular formula is C29H20Cl2N2O6. The maximum atomic E-state index is 12.8. The number of esters is 2. The zero-order valence-corrected chi connectivity index (χ0v) is 21.7. The first-order valence-electron chi connectivity index (χ1n) is 11.5.